The summed E-state index contributed by atoms with van der Waals surface area (Å²) < 4.78 is 4.74. The minimum absolute atomic E-state index is 0.0101. The van der Waals surface area contributed by atoms with E-state index < -0.39 is 0 Å². The Hall–Kier alpha value is -0.530. The molecule has 1 saturated carbocycles. The van der Waals surface area contributed by atoms with Crippen molar-refractivity contribution in [3.8, 4) is 0 Å². The fraction of sp³-hybridized carbons (Fsp3) is 0.900. The largest absolute Gasteiger partial charge is 0.469 e. The molecule has 0 aromatic carbocycles. The van der Waals surface area contributed by atoms with Gasteiger partial charge >= 0.3 is 5.97 Å². The number of carbonyl (C=O) groups is 1. The van der Waals surface area contributed by atoms with Gasteiger partial charge in [-0.1, -0.05) is 19.8 Å². The topological polar surface area (TPSA) is 26.3 Å². The van der Waals surface area contributed by atoms with Crippen LogP contribution in [0.1, 0.15) is 39.0 Å². The fourth-order valence-electron chi connectivity index (χ4n) is 1.89. The summed E-state index contributed by atoms with van der Waals surface area (Å²) in [5.74, 6) is 0.962. The van der Waals surface area contributed by atoms with Gasteiger partial charge in [0.2, 0.25) is 0 Å². The summed E-state index contributed by atoms with van der Waals surface area (Å²) in [4.78, 5) is 11.2. The molecule has 70 valence electrons. The van der Waals surface area contributed by atoms with Gasteiger partial charge in [0.05, 0.1) is 13.0 Å². The van der Waals surface area contributed by atoms with Crippen molar-refractivity contribution in [1.29, 1.82) is 0 Å². The van der Waals surface area contributed by atoms with Crippen LogP contribution in [-0.2, 0) is 9.53 Å². The van der Waals surface area contributed by atoms with Crippen LogP contribution in [0.2, 0.25) is 0 Å². The number of methoxy groups -OCH3 is 1. The van der Waals surface area contributed by atoms with Crippen LogP contribution in [0.3, 0.4) is 0 Å². The summed E-state index contributed by atoms with van der Waals surface area (Å²) in [5.41, 5.74) is 0. The maximum Gasteiger partial charge on any atom is 0.308 e. The van der Waals surface area contributed by atoms with E-state index in [9.17, 15) is 4.79 Å². The maximum absolute atomic E-state index is 11.2. The molecule has 0 aliphatic heterocycles. The number of hydrogen-bond donors (Lipinski definition) is 0. The number of ether oxygens (including phenoxy) is 1. The third kappa shape index (κ3) is 2.50. The van der Waals surface area contributed by atoms with Gasteiger partial charge in [-0.25, -0.2) is 0 Å². The SMILES string of the molecule is COC(=O)C1CCCC(C)CC1. The van der Waals surface area contributed by atoms with Gasteiger partial charge < -0.3 is 4.74 Å². The van der Waals surface area contributed by atoms with Crippen LogP contribution in [0.5, 0.6) is 0 Å². The Morgan fingerprint density at radius 3 is 2.67 bits per heavy atom. The normalized spacial score (nSPS) is 30.8. The van der Waals surface area contributed by atoms with E-state index in [4.69, 9.17) is 4.74 Å². The molecule has 0 N–H and O–H groups in total. The lowest BCUT2D eigenvalue weighted by Crippen LogP contribution is -2.15. The second-order valence-electron chi connectivity index (χ2n) is 3.83. The molecule has 0 aromatic rings. The van der Waals surface area contributed by atoms with Gasteiger partial charge in [-0.3, -0.25) is 4.79 Å². The first-order valence-electron chi connectivity index (χ1n) is 4.82. The fourth-order valence-corrected chi connectivity index (χ4v) is 1.89. The first-order chi connectivity index (χ1) is 5.74. The Kier molecular flexibility index (Phi) is 3.57. The van der Waals surface area contributed by atoms with Crippen LogP contribution in [0.15, 0.2) is 0 Å². The van der Waals surface area contributed by atoms with E-state index in [2.05, 4.69) is 6.92 Å². The number of esters is 1. The van der Waals surface area contributed by atoms with Crippen LogP contribution in [-0.4, -0.2) is 13.1 Å². The molecule has 2 nitrogen and oxygen atoms in total. The predicted molar refractivity (Wildman–Crippen MR) is 47.8 cm³/mol. The lowest BCUT2D eigenvalue weighted by Gasteiger charge is -2.10. The Morgan fingerprint density at radius 1 is 1.25 bits per heavy atom. The molecule has 2 atom stereocenters. The standard InChI is InChI=1S/C10H18O2/c1-8-4-3-5-9(7-6-8)10(11)12-2/h8-9H,3-7H2,1-2H3. The molecular formula is C10H18O2. The first-order valence-corrected chi connectivity index (χ1v) is 4.82. The predicted octanol–water partition coefficient (Wildman–Crippen LogP) is 2.38. The Balaban J connectivity index is 2.40. The quantitative estimate of drug-likeness (QED) is 0.446. The average molecular weight is 170 g/mol. The van der Waals surface area contributed by atoms with E-state index in [0.29, 0.717) is 0 Å². The third-order valence-corrected chi connectivity index (χ3v) is 2.79. The first kappa shape index (κ1) is 9.56. The lowest BCUT2D eigenvalue weighted by molar-refractivity contribution is -0.145. The van der Waals surface area contributed by atoms with Crippen LogP contribution in [0.25, 0.3) is 0 Å². The van der Waals surface area contributed by atoms with Crippen molar-refractivity contribution in [2.45, 2.75) is 39.0 Å². The van der Waals surface area contributed by atoms with Crippen LogP contribution in [0.4, 0.5) is 0 Å². The summed E-state index contributed by atoms with van der Waals surface area (Å²) >= 11 is 0. The highest BCUT2D eigenvalue weighted by Gasteiger charge is 2.22. The van der Waals surface area contributed by atoms with E-state index >= 15 is 0 Å². The zero-order chi connectivity index (χ0) is 8.97. The number of carbonyl (C=O) groups excluding carboxylic acids is 1. The third-order valence-electron chi connectivity index (χ3n) is 2.79. The minimum Gasteiger partial charge on any atom is -0.469 e. The van der Waals surface area contributed by atoms with Crippen molar-refractivity contribution in [1.82, 2.24) is 0 Å². The maximum atomic E-state index is 11.2. The minimum atomic E-state index is -0.0101. The Labute approximate surface area is 74.3 Å². The van der Waals surface area contributed by atoms with E-state index in [0.717, 1.165) is 18.8 Å². The van der Waals surface area contributed by atoms with E-state index in [-0.39, 0.29) is 11.9 Å². The molecule has 2 heteroatoms. The second kappa shape index (κ2) is 4.48. The zero-order valence-corrected chi connectivity index (χ0v) is 8.01. The summed E-state index contributed by atoms with van der Waals surface area (Å²) in [5, 5.41) is 0. The highest BCUT2D eigenvalue weighted by atomic mass is 16.5. The highest BCUT2D eigenvalue weighted by Crippen LogP contribution is 2.27. The van der Waals surface area contributed by atoms with Gasteiger partial charge in [0, 0.05) is 0 Å². The average Bonchev–Trinajstić information content (AvgIpc) is 2.29. The monoisotopic (exact) mass is 170 g/mol. The van der Waals surface area contributed by atoms with Crippen LogP contribution in [0, 0.1) is 11.8 Å². The molecule has 1 rings (SSSR count). The van der Waals surface area contributed by atoms with Crippen molar-refractivity contribution in [3.63, 3.8) is 0 Å². The molecule has 0 bridgehead atoms. The number of hydrogen-bond acceptors (Lipinski definition) is 2. The molecule has 0 spiro atoms. The molecule has 0 amide bonds. The molecule has 0 saturated heterocycles. The smallest absolute Gasteiger partial charge is 0.308 e. The van der Waals surface area contributed by atoms with Crippen LogP contribution >= 0.6 is 0 Å². The zero-order valence-electron chi connectivity index (χ0n) is 8.01. The van der Waals surface area contributed by atoms with Crippen molar-refractivity contribution in [3.05, 3.63) is 0 Å². The van der Waals surface area contributed by atoms with Gasteiger partial charge in [0.15, 0.2) is 0 Å². The Bertz CT molecular complexity index is 154. The van der Waals surface area contributed by atoms with E-state index in [1.165, 1.54) is 26.4 Å². The highest BCUT2D eigenvalue weighted by molar-refractivity contribution is 5.72. The van der Waals surface area contributed by atoms with Gasteiger partial charge in [0.1, 0.15) is 0 Å². The van der Waals surface area contributed by atoms with Gasteiger partial charge in [0.25, 0.3) is 0 Å². The molecule has 2 unspecified atom stereocenters. The van der Waals surface area contributed by atoms with Crippen molar-refractivity contribution in [2.75, 3.05) is 7.11 Å². The molecule has 0 heterocycles. The van der Waals surface area contributed by atoms with Gasteiger partial charge in [-0.2, -0.15) is 0 Å². The van der Waals surface area contributed by atoms with Gasteiger partial charge in [-0.05, 0) is 25.2 Å². The van der Waals surface area contributed by atoms with Gasteiger partial charge in [-0.15, -0.1) is 0 Å². The molecule has 1 aliphatic carbocycles. The Morgan fingerprint density at radius 2 is 2.00 bits per heavy atom. The number of rotatable bonds is 1. The van der Waals surface area contributed by atoms with E-state index in [1.54, 1.807) is 0 Å². The molecular weight excluding hydrogens is 152 g/mol. The van der Waals surface area contributed by atoms with Crippen LogP contribution < -0.4 is 0 Å². The van der Waals surface area contributed by atoms with Crippen molar-refractivity contribution >= 4 is 5.97 Å². The molecule has 1 aliphatic rings. The summed E-state index contributed by atoms with van der Waals surface area (Å²) in [6.07, 6.45) is 5.68. The lowest BCUT2D eigenvalue weighted by atomic mass is 9.99. The molecule has 0 radical (unpaired) electrons. The van der Waals surface area contributed by atoms with E-state index in [1.807, 2.05) is 0 Å². The molecule has 12 heavy (non-hydrogen) atoms. The molecule has 1 fully saturated rings. The molecule has 0 aromatic heterocycles. The summed E-state index contributed by atoms with van der Waals surface area (Å²) in [6, 6.07) is 0. The van der Waals surface area contributed by atoms with Crippen molar-refractivity contribution in [2.24, 2.45) is 11.8 Å². The van der Waals surface area contributed by atoms with Crippen molar-refractivity contribution < 1.29 is 9.53 Å². The summed E-state index contributed by atoms with van der Waals surface area (Å²) in [6.45, 7) is 2.26. The summed E-state index contributed by atoms with van der Waals surface area (Å²) in [7, 11) is 1.48. The second-order valence-corrected chi connectivity index (χ2v) is 3.83.